The van der Waals surface area contributed by atoms with E-state index in [9.17, 15) is 9.59 Å². The molecule has 1 aliphatic heterocycles. The van der Waals surface area contributed by atoms with Crippen LogP contribution in [-0.2, 0) is 11.3 Å². The third-order valence-electron chi connectivity index (χ3n) is 5.21. The molecule has 1 aliphatic rings. The van der Waals surface area contributed by atoms with Crippen LogP contribution in [0.15, 0.2) is 48.5 Å². The molecule has 7 heteroatoms. The van der Waals surface area contributed by atoms with Crippen LogP contribution < -0.4 is 19.7 Å². The Morgan fingerprint density at radius 2 is 1.83 bits per heavy atom. The van der Waals surface area contributed by atoms with Gasteiger partial charge in [0.05, 0.1) is 20.3 Å². The highest BCUT2D eigenvalue weighted by Crippen LogP contribution is 2.33. The van der Waals surface area contributed by atoms with Crippen LogP contribution in [0.5, 0.6) is 11.5 Å². The number of anilines is 1. The molecule has 1 atom stereocenters. The highest BCUT2D eigenvalue weighted by molar-refractivity contribution is 5.97. The first-order chi connectivity index (χ1) is 14.4. The van der Waals surface area contributed by atoms with Gasteiger partial charge in [-0.1, -0.05) is 30.3 Å². The van der Waals surface area contributed by atoms with Crippen molar-refractivity contribution in [2.45, 2.75) is 38.9 Å². The summed E-state index contributed by atoms with van der Waals surface area (Å²) < 4.78 is 10.6. The van der Waals surface area contributed by atoms with Crippen molar-refractivity contribution in [3.63, 3.8) is 0 Å². The molecule has 0 aliphatic carbocycles. The smallest absolute Gasteiger partial charge is 0.318 e. The predicted octanol–water partition coefficient (Wildman–Crippen LogP) is 3.43. The first-order valence-electron chi connectivity index (χ1n) is 10.1. The third-order valence-corrected chi connectivity index (χ3v) is 5.21. The van der Waals surface area contributed by atoms with Crippen LogP contribution in [0.1, 0.15) is 25.8 Å². The summed E-state index contributed by atoms with van der Waals surface area (Å²) in [5, 5.41) is 3.03. The molecule has 1 fully saturated rings. The number of amides is 3. The van der Waals surface area contributed by atoms with E-state index in [4.69, 9.17) is 9.47 Å². The molecule has 0 aromatic heterocycles. The summed E-state index contributed by atoms with van der Waals surface area (Å²) in [6, 6.07) is 14.9. The fourth-order valence-corrected chi connectivity index (χ4v) is 3.57. The van der Waals surface area contributed by atoms with E-state index in [1.54, 1.807) is 36.2 Å². The second kappa shape index (κ2) is 9.52. The van der Waals surface area contributed by atoms with Crippen molar-refractivity contribution in [1.82, 2.24) is 10.2 Å². The fraction of sp³-hybridized carbons (Fsp3) is 0.391. The molecule has 2 aromatic carbocycles. The average Bonchev–Trinajstić information content (AvgIpc) is 3.11. The molecule has 160 valence electrons. The highest BCUT2D eigenvalue weighted by Gasteiger charge is 2.33. The lowest BCUT2D eigenvalue weighted by atomic mass is 10.2. The second-order valence-corrected chi connectivity index (χ2v) is 7.60. The van der Waals surface area contributed by atoms with Crippen LogP contribution in [0, 0.1) is 0 Å². The van der Waals surface area contributed by atoms with E-state index in [0.717, 1.165) is 11.3 Å². The van der Waals surface area contributed by atoms with E-state index < -0.39 is 0 Å². The van der Waals surface area contributed by atoms with E-state index in [2.05, 4.69) is 5.32 Å². The molecule has 2 aromatic rings. The Labute approximate surface area is 177 Å². The molecular formula is C23H29N3O4. The van der Waals surface area contributed by atoms with E-state index in [0.29, 0.717) is 24.6 Å². The molecule has 1 saturated heterocycles. The van der Waals surface area contributed by atoms with Crippen molar-refractivity contribution in [1.29, 1.82) is 0 Å². The maximum atomic E-state index is 12.9. The van der Waals surface area contributed by atoms with Crippen molar-refractivity contribution in [3.05, 3.63) is 54.1 Å². The average molecular weight is 412 g/mol. The molecule has 7 nitrogen and oxygen atoms in total. The van der Waals surface area contributed by atoms with Crippen molar-refractivity contribution >= 4 is 17.6 Å². The van der Waals surface area contributed by atoms with Crippen molar-refractivity contribution in [2.75, 3.05) is 25.7 Å². The molecule has 0 bridgehead atoms. The zero-order chi connectivity index (χ0) is 21.7. The SMILES string of the molecule is COc1ccc(N2C[C@H](NC(=O)N(Cc3ccccc3)C(C)C)CC2=O)cc1OC. The number of ether oxygens (including phenoxy) is 2. The predicted molar refractivity (Wildman–Crippen MR) is 116 cm³/mol. The fourth-order valence-electron chi connectivity index (χ4n) is 3.57. The topological polar surface area (TPSA) is 71.1 Å². The summed E-state index contributed by atoms with van der Waals surface area (Å²) in [6.45, 7) is 4.90. The van der Waals surface area contributed by atoms with Gasteiger partial charge in [0, 0.05) is 37.3 Å². The van der Waals surface area contributed by atoms with Crippen LogP contribution in [0.3, 0.4) is 0 Å². The van der Waals surface area contributed by atoms with E-state index >= 15 is 0 Å². The Morgan fingerprint density at radius 1 is 1.13 bits per heavy atom. The number of rotatable bonds is 7. The Bertz CT molecular complexity index is 885. The molecule has 0 spiro atoms. The summed E-state index contributed by atoms with van der Waals surface area (Å²) >= 11 is 0. The molecular weight excluding hydrogens is 382 g/mol. The number of nitrogens with one attached hydrogen (secondary N) is 1. The van der Waals surface area contributed by atoms with Gasteiger partial charge in [0.1, 0.15) is 0 Å². The number of carbonyl (C=O) groups excluding carboxylic acids is 2. The first-order valence-corrected chi connectivity index (χ1v) is 10.1. The van der Waals surface area contributed by atoms with Gasteiger partial charge in [0.25, 0.3) is 0 Å². The zero-order valence-electron chi connectivity index (χ0n) is 17.9. The molecule has 0 radical (unpaired) electrons. The minimum Gasteiger partial charge on any atom is -0.493 e. The summed E-state index contributed by atoms with van der Waals surface area (Å²) in [5.74, 6) is 1.13. The minimum atomic E-state index is -0.255. The van der Waals surface area contributed by atoms with Gasteiger partial charge in [0.15, 0.2) is 11.5 Å². The first kappa shape index (κ1) is 21.5. The third kappa shape index (κ3) is 4.84. The van der Waals surface area contributed by atoms with Gasteiger partial charge < -0.3 is 24.6 Å². The second-order valence-electron chi connectivity index (χ2n) is 7.60. The minimum absolute atomic E-state index is 0.0317. The number of hydrogen-bond donors (Lipinski definition) is 1. The van der Waals surface area contributed by atoms with E-state index in [1.807, 2.05) is 50.2 Å². The Morgan fingerprint density at radius 3 is 2.47 bits per heavy atom. The lowest BCUT2D eigenvalue weighted by Gasteiger charge is -2.28. The number of nitrogens with zero attached hydrogens (tertiary/aromatic N) is 2. The van der Waals surface area contributed by atoms with Gasteiger partial charge in [-0.05, 0) is 31.5 Å². The number of carbonyl (C=O) groups is 2. The van der Waals surface area contributed by atoms with E-state index in [-0.39, 0.29) is 30.4 Å². The van der Waals surface area contributed by atoms with Crippen LogP contribution in [-0.4, -0.2) is 49.7 Å². The molecule has 3 amide bonds. The Kier molecular flexibility index (Phi) is 6.82. The van der Waals surface area contributed by atoms with Gasteiger partial charge in [-0.2, -0.15) is 0 Å². The standard InChI is InChI=1S/C23H29N3O4/c1-16(2)25(14-17-8-6-5-7-9-17)23(28)24-18-12-22(27)26(15-18)19-10-11-20(29-3)21(13-19)30-4/h5-11,13,16,18H,12,14-15H2,1-4H3,(H,24,28)/t18-/m1/s1. The quantitative estimate of drug-likeness (QED) is 0.758. The van der Waals surface area contributed by atoms with Crippen molar-refractivity contribution in [3.8, 4) is 11.5 Å². The van der Waals surface area contributed by atoms with E-state index in [1.165, 1.54) is 0 Å². The number of urea groups is 1. The number of benzene rings is 2. The van der Waals surface area contributed by atoms with Gasteiger partial charge in [0.2, 0.25) is 5.91 Å². The summed E-state index contributed by atoms with van der Waals surface area (Å²) in [6.07, 6.45) is 0.261. The lowest BCUT2D eigenvalue weighted by molar-refractivity contribution is -0.117. The summed E-state index contributed by atoms with van der Waals surface area (Å²) in [5.41, 5.74) is 1.79. The van der Waals surface area contributed by atoms with Crippen molar-refractivity contribution < 1.29 is 19.1 Å². The normalized spacial score (nSPS) is 16.0. The van der Waals surface area contributed by atoms with Gasteiger partial charge in [-0.3, -0.25) is 4.79 Å². The molecule has 30 heavy (non-hydrogen) atoms. The zero-order valence-corrected chi connectivity index (χ0v) is 17.9. The largest absolute Gasteiger partial charge is 0.493 e. The molecule has 1 heterocycles. The molecule has 1 N–H and O–H groups in total. The highest BCUT2D eigenvalue weighted by atomic mass is 16.5. The van der Waals surface area contributed by atoms with Crippen molar-refractivity contribution in [2.24, 2.45) is 0 Å². The van der Waals surface area contributed by atoms with Crippen LogP contribution >= 0.6 is 0 Å². The van der Waals surface area contributed by atoms with Gasteiger partial charge >= 0.3 is 6.03 Å². The number of methoxy groups -OCH3 is 2. The van der Waals surface area contributed by atoms with Crippen LogP contribution in [0.25, 0.3) is 0 Å². The summed E-state index contributed by atoms with van der Waals surface area (Å²) in [4.78, 5) is 29.0. The maximum Gasteiger partial charge on any atom is 0.318 e. The Hall–Kier alpha value is -3.22. The van der Waals surface area contributed by atoms with Crippen LogP contribution in [0.2, 0.25) is 0 Å². The molecule has 3 rings (SSSR count). The van der Waals surface area contributed by atoms with Crippen LogP contribution in [0.4, 0.5) is 10.5 Å². The Balaban J connectivity index is 1.67. The van der Waals surface area contributed by atoms with Gasteiger partial charge in [-0.15, -0.1) is 0 Å². The lowest BCUT2D eigenvalue weighted by Crippen LogP contribution is -2.48. The van der Waals surface area contributed by atoms with Gasteiger partial charge in [-0.25, -0.2) is 4.79 Å². The molecule has 0 saturated carbocycles. The molecule has 0 unspecified atom stereocenters. The monoisotopic (exact) mass is 411 g/mol. The summed E-state index contributed by atoms with van der Waals surface area (Å²) in [7, 11) is 3.13. The maximum absolute atomic E-state index is 12.9. The number of hydrogen-bond acceptors (Lipinski definition) is 4.